The van der Waals surface area contributed by atoms with Gasteiger partial charge in [0.15, 0.2) is 6.61 Å². The monoisotopic (exact) mass is 368 g/mol. The standard InChI is InChI=1S/C21H21FN2O3/c22-16-5-4-6-17(11-16)24-15-21(12-19(24)25)9-10-23(14-21)20(26)13-27-18-7-2-1-3-8-18/h1-8,11H,9-10,12-15H2. The number of para-hydroxylation sites is 1. The van der Waals surface area contributed by atoms with E-state index in [1.165, 1.54) is 12.1 Å². The Morgan fingerprint density at radius 1 is 1.11 bits per heavy atom. The van der Waals surface area contributed by atoms with Gasteiger partial charge in [0.05, 0.1) is 0 Å². The number of rotatable bonds is 4. The van der Waals surface area contributed by atoms with Crippen molar-refractivity contribution in [1.29, 1.82) is 0 Å². The van der Waals surface area contributed by atoms with Crippen LogP contribution in [0.3, 0.4) is 0 Å². The minimum atomic E-state index is -0.359. The average Bonchev–Trinajstić information content (AvgIpc) is 3.23. The second-order valence-corrected chi connectivity index (χ2v) is 7.30. The molecule has 6 heteroatoms. The minimum Gasteiger partial charge on any atom is -0.484 e. The van der Waals surface area contributed by atoms with E-state index in [0.717, 1.165) is 6.42 Å². The number of hydrogen-bond donors (Lipinski definition) is 0. The maximum atomic E-state index is 13.5. The lowest BCUT2D eigenvalue weighted by atomic mass is 9.86. The number of nitrogens with zero attached hydrogens (tertiary/aromatic N) is 2. The summed E-state index contributed by atoms with van der Waals surface area (Å²) in [5, 5.41) is 0. The molecule has 27 heavy (non-hydrogen) atoms. The zero-order chi connectivity index (χ0) is 18.9. The van der Waals surface area contributed by atoms with Gasteiger partial charge in [-0.05, 0) is 36.8 Å². The first-order chi connectivity index (χ1) is 13.0. The van der Waals surface area contributed by atoms with Gasteiger partial charge in [0, 0.05) is 37.2 Å². The fourth-order valence-electron chi connectivity index (χ4n) is 3.95. The maximum Gasteiger partial charge on any atom is 0.260 e. The molecule has 2 heterocycles. The quantitative estimate of drug-likeness (QED) is 0.834. The van der Waals surface area contributed by atoms with E-state index < -0.39 is 0 Å². The highest BCUT2D eigenvalue weighted by atomic mass is 19.1. The van der Waals surface area contributed by atoms with Gasteiger partial charge < -0.3 is 14.5 Å². The normalized spacial score (nSPS) is 21.9. The van der Waals surface area contributed by atoms with Crippen molar-refractivity contribution in [1.82, 2.24) is 4.90 Å². The molecule has 0 aromatic heterocycles. The number of hydrogen-bond acceptors (Lipinski definition) is 3. The van der Waals surface area contributed by atoms with Crippen LogP contribution in [-0.2, 0) is 9.59 Å². The Kier molecular flexibility index (Phi) is 4.56. The lowest BCUT2D eigenvalue weighted by Gasteiger charge is -2.24. The van der Waals surface area contributed by atoms with Gasteiger partial charge in [0.25, 0.3) is 5.91 Å². The van der Waals surface area contributed by atoms with E-state index in [4.69, 9.17) is 4.74 Å². The molecule has 1 atom stereocenters. The van der Waals surface area contributed by atoms with Crippen LogP contribution in [0.5, 0.6) is 5.75 Å². The SMILES string of the molecule is O=C(COc1ccccc1)N1CCC2(CC(=O)N(c3cccc(F)c3)C2)C1. The predicted octanol–water partition coefficient (Wildman–Crippen LogP) is 2.86. The molecule has 140 valence electrons. The van der Waals surface area contributed by atoms with E-state index in [1.54, 1.807) is 21.9 Å². The largest absolute Gasteiger partial charge is 0.484 e. The lowest BCUT2D eigenvalue weighted by Crippen LogP contribution is -2.36. The van der Waals surface area contributed by atoms with Crippen LogP contribution in [0.2, 0.25) is 0 Å². The molecule has 1 unspecified atom stereocenters. The number of ether oxygens (including phenoxy) is 1. The smallest absolute Gasteiger partial charge is 0.260 e. The number of carbonyl (C=O) groups is 2. The second-order valence-electron chi connectivity index (χ2n) is 7.30. The van der Waals surface area contributed by atoms with E-state index >= 15 is 0 Å². The molecule has 5 nitrogen and oxygen atoms in total. The van der Waals surface area contributed by atoms with Crippen molar-refractivity contribution in [3.05, 3.63) is 60.4 Å². The summed E-state index contributed by atoms with van der Waals surface area (Å²) in [7, 11) is 0. The molecule has 0 saturated carbocycles. The van der Waals surface area contributed by atoms with Gasteiger partial charge in [0.1, 0.15) is 11.6 Å². The zero-order valence-electron chi connectivity index (χ0n) is 14.9. The van der Waals surface area contributed by atoms with Gasteiger partial charge in [-0.25, -0.2) is 4.39 Å². The molecule has 1 spiro atoms. The highest BCUT2D eigenvalue weighted by molar-refractivity contribution is 5.96. The predicted molar refractivity (Wildman–Crippen MR) is 98.9 cm³/mol. The van der Waals surface area contributed by atoms with Gasteiger partial charge in [-0.3, -0.25) is 9.59 Å². The summed E-state index contributed by atoms with van der Waals surface area (Å²) in [5.41, 5.74) is 0.320. The molecule has 2 aliphatic heterocycles. The summed E-state index contributed by atoms with van der Waals surface area (Å²) in [6.07, 6.45) is 1.15. The van der Waals surface area contributed by atoms with Crippen LogP contribution in [-0.4, -0.2) is 43.0 Å². The van der Waals surface area contributed by atoms with Crippen molar-refractivity contribution in [3.63, 3.8) is 0 Å². The molecule has 0 aliphatic carbocycles. The van der Waals surface area contributed by atoms with Crippen molar-refractivity contribution >= 4 is 17.5 Å². The third-order valence-corrected chi connectivity index (χ3v) is 5.34. The maximum absolute atomic E-state index is 13.5. The minimum absolute atomic E-state index is 0.0123. The Labute approximate surface area is 157 Å². The molecule has 2 amide bonds. The summed E-state index contributed by atoms with van der Waals surface area (Å²) in [6, 6.07) is 15.3. The molecule has 0 bridgehead atoms. The second kappa shape index (κ2) is 7.02. The van der Waals surface area contributed by atoms with Crippen LogP contribution in [0.4, 0.5) is 10.1 Å². The number of halogens is 1. The summed E-state index contributed by atoms with van der Waals surface area (Å²) < 4.78 is 19.1. The Balaban J connectivity index is 1.38. The van der Waals surface area contributed by atoms with Crippen LogP contribution >= 0.6 is 0 Å². The van der Waals surface area contributed by atoms with Crippen LogP contribution in [0.1, 0.15) is 12.8 Å². The molecule has 2 saturated heterocycles. The molecule has 4 rings (SSSR count). The molecule has 2 aromatic carbocycles. The number of amides is 2. The van der Waals surface area contributed by atoms with Crippen molar-refractivity contribution in [2.75, 3.05) is 31.1 Å². The zero-order valence-corrected chi connectivity index (χ0v) is 14.9. The summed E-state index contributed by atoms with van der Waals surface area (Å²) in [5.74, 6) is 0.207. The Morgan fingerprint density at radius 3 is 2.70 bits per heavy atom. The van der Waals surface area contributed by atoms with Gasteiger partial charge in [0.2, 0.25) is 5.91 Å². The molecular weight excluding hydrogens is 347 g/mol. The first kappa shape index (κ1) is 17.5. The first-order valence-electron chi connectivity index (χ1n) is 9.06. The van der Waals surface area contributed by atoms with E-state index in [0.29, 0.717) is 37.5 Å². The fourth-order valence-corrected chi connectivity index (χ4v) is 3.95. The highest BCUT2D eigenvalue weighted by Crippen LogP contribution is 2.41. The van der Waals surface area contributed by atoms with Crippen LogP contribution in [0.25, 0.3) is 0 Å². The van der Waals surface area contributed by atoms with Crippen LogP contribution in [0, 0.1) is 11.2 Å². The van der Waals surface area contributed by atoms with Gasteiger partial charge in [-0.1, -0.05) is 24.3 Å². The summed E-state index contributed by atoms with van der Waals surface area (Å²) in [4.78, 5) is 28.4. The highest BCUT2D eigenvalue weighted by Gasteiger charge is 2.48. The van der Waals surface area contributed by atoms with Crippen LogP contribution < -0.4 is 9.64 Å². The molecule has 2 aromatic rings. The third-order valence-electron chi connectivity index (χ3n) is 5.34. The van der Waals surface area contributed by atoms with Crippen LogP contribution in [0.15, 0.2) is 54.6 Å². The lowest BCUT2D eigenvalue weighted by molar-refractivity contribution is -0.132. The van der Waals surface area contributed by atoms with Crippen molar-refractivity contribution in [3.8, 4) is 5.75 Å². The van der Waals surface area contributed by atoms with Gasteiger partial charge >= 0.3 is 0 Å². The van der Waals surface area contributed by atoms with Gasteiger partial charge in [-0.2, -0.15) is 0 Å². The van der Waals surface area contributed by atoms with Crippen molar-refractivity contribution in [2.24, 2.45) is 5.41 Å². The topological polar surface area (TPSA) is 49.9 Å². The van der Waals surface area contributed by atoms with E-state index in [1.807, 2.05) is 30.3 Å². The van der Waals surface area contributed by atoms with Gasteiger partial charge in [-0.15, -0.1) is 0 Å². The summed E-state index contributed by atoms with van der Waals surface area (Å²) in [6.45, 7) is 1.64. The average molecular weight is 368 g/mol. The number of benzene rings is 2. The molecule has 2 fully saturated rings. The molecule has 0 radical (unpaired) electrons. The Bertz CT molecular complexity index is 858. The number of carbonyl (C=O) groups excluding carboxylic acids is 2. The van der Waals surface area contributed by atoms with Crippen molar-refractivity contribution in [2.45, 2.75) is 12.8 Å². The Morgan fingerprint density at radius 2 is 1.93 bits per heavy atom. The van der Waals surface area contributed by atoms with Crippen molar-refractivity contribution < 1.29 is 18.7 Å². The van der Waals surface area contributed by atoms with E-state index in [9.17, 15) is 14.0 Å². The van der Waals surface area contributed by atoms with E-state index in [2.05, 4.69) is 0 Å². The number of anilines is 1. The first-order valence-corrected chi connectivity index (χ1v) is 9.06. The third kappa shape index (κ3) is 3.65. The summed E-state index contributed by atoms with van der Waals surface area (Å²) >= 11 is 0. The molecular formula is C21H21FN2O3. The molecule has 0 N–H and O–H groups in total. The number of likely N-dealkylation sites (tertiary alicyclic amines) is 1. The Hall–Kier alpha value is -2.89. The molecule has 2 aliphatic rings. The van der Waals surface area contributed by atoms with E-state index in [-0.39, 0.29) is 29.7 Å². The fraction of sp³-hybridized carbons (Fsp3) is 0.333.